The molecular formula is C26H19F4IN2O3. The van der Waals surface area contributed by atoms with Crippen LogP contribution in [0.25, 0.3) is 6.08 Å². The number of nitrogens with zero attached hydrogens (tertiary/aromatic N) is 1. The monoisotopic (exact) mass is 610 g/mol. The zero-order valence-electron chi connectivity index (χ0n) is 18.8. The predicted octanol–water partition coefficient (Wildman–Crippen LogP) is 6.97. The van der Waals surface area contributed by atoms with Gasteiger partial charge < -0.3 is 14.8 Å². The number of hydrogen-bond donors (Lipinski definition) is 1. The fourth-order valence-electron chi connectivity index (χ4n) is 3.13. The molecule has 0 atom stereocenters. The van der Waals surface area contributed by atoms with Gasteiger partial charge in [-0.2, -0.15) is 18.4 Å². The van der Waals surface area contributed by atoms with E-state index in [0.29, 0.717) is 32.8 Å². The van der Waals surface area contributed by atoms with E-state index in [1.807, 2.05) is 22.6 Å². The molecule has 0 fully saturated rings. The average molecular weight is 610 g/mol. The molecular weight excluding hydrogens is 591 g/mol. The van der Waals surface area contributed by atoms with Crippen molar-refractivity contribution in [1.82, 2.24) is 0 Å². The van der Waals surface area contributed by atoms with Crippen LogP contribution in [0.3, 0.4) is 0 Å². The molecule has 3 aromatic rings. The van der Waals surface area contributed by atoms with Crippen LogP contribution in [-0.2, 0) is 17.6 Å². The van der Waals surface area contributed by atoms with Gasteiger partial charge in [0.05, 0.1) is 15.7 Å². The fraction of sp³-hybridized carbons (Fsp3) is 0.154. The molecule has 0 bridgehead atoms. The second kappa shape index (κ2) is 11.9. The Morgan fingerprint density at radius 3 is 2.53 bits per heavy atom. The van der Waals surface area contributed by atoms with Crippen molar-refractivity contribution < 1.29 is 31.8 Å². The normalized spacial score (nSPS) is 11.5. The summed E-state index contributed by atoms with van der Waals surface area (Å²) in [6, 6.07) is 15.3. The summed E-state index contributed by atoms with van der Waals surface area (Å²) in [6.07, 6.45) is -3.29. The zero-order chi connectivity index (χ0) is 26.3. The minimum atomic E-state index is -4.57. The van der Waals surface area contributed by atoms with Gasteiger partial charge in [-0.25, -0.2) is 4.39 Å². The first-order valence-electron chi connectivity index (χ1n) is 10.5. The highest BCUT2D eigenvalue weighted by Crippen LogP contribution is 2.36. The quantitative estimate of drug-likeness (QED) is 0.130. The highest BCUT2D eigenvalue weighted by atomic mass is 127. The van der Waals surface area contributed by atoms with Gasteiger partial charge >= 0.3 is 6.18 Å². The minimum Gasteiger partial charge on any atom is -0.490 e. The van der Waals surface area contributed by atoms with Crippen molar-refractivity contribution in [3.63, 3.8) is 0 Å². The summed E-state index contributed by atoms with van der Waals surface area (Å²) in [5, 5.41) is 11.8. The number of amides is 1. The van der Waals surface area contributed by atoms with Gasteiger partial charge in [0.2, 0.25) is 0 Å². The first-order chi connectivity index (χ1) is 17.1. The van der Waals surface area contributed by atoms with Gasteiger partial charge in [-0.1, -0.05) is 24.3 Å². The molecule has 0 aliphatic heterocycles. The summed E-state index contributed by atoms with van der Waals surface area (Å²) < 4.78 is 64.8. The van der Waals surface area contributed by atoms with E-state index in [2.05, 4.69) is 5.32 Å². The summed E-state index contributed by atoms with van der Waals surface area (Å²) in [7, 11) is 0. The van der Waals surface area contributed by atoms with Crippen molar-refractivity contribution in [2.75, 3.05) is 11.9 Å². The Hall–Kier alpha value is -3.59. The van der Waals surface area contributed by atoms with Crippen molar-refractivity contribution in [1.29, 1.82) is 5.26 Å². The van der Waals surface area contributed by atoms with Gasteiger partial charge in [0.15, 0.2) is 11.5 Å². The number of nitriles is 1. The molecule has 5 nitrogen and oxygen atoms in total. The molecule has 0 spiro atoms. The van der Waals surface area contributed by atoms with Crippen molar-refractivity contribution >= 4 is 40.3 Å². The number of halogens is 5. The molecule has 186 valence electrons. The molecule has 0 unspecified atom stereocenters. The maximum Gasteiger partial charge on any atom is 0.416 e. The molecule has 0 heterocycles. The van der Waals surface area contributed by atoms with E-state index in [-0.39, 0.29) is 17.9 Å². The van der Waals surface area contributed by atoms with E-state index in [1.54, 1.807) is 43.3 Å². The molecule has 1 N–H and O–H groups in total. The molecule has 0 radical (unpaired) electrons. The Balaban J connectivity index is 1.85. The molecule has 36 heavy (non-hydrogen) atoms. The van der Waals surface area contributed by atoms with E-state index < -0.39 is 23.5 Å². The third-order valence-electron chi connectivity index (χ3n) is 4.79. The van der Waals surface area contributed by atoms with Crippen LogP contribution in [-0.4, -0.2) is 12.5 Å². The molecule has 3 rings (SSSR count). The first kappa shape index (κ1) is 27.0. The molecule has 10 heteroatoms. The Morgan fingerprint density at radius 1 is 1.11 bits per heavy atom. The number of rotatable bonds is 8. The minimum absolute atomic E-state index is 0.0409. The van der Waals surface area contributed by atoms with Crippen LogP contribution in [0.1, 0.15) is 23.6 Å². The van der Waals surface area contributed by atoms with Crippen molar-refractivity contribution in [3.8, 4) is 17.6 Å². The predicted molar refractivity (Wildman–Crippen MR) is 135 cm³/mol. The lowest BCUT2D eigenvalue weighted by Gasteiger charge is -2.15. The number of carbonyl (C=O) groups is 1. The van der Waals surface area contributed by atoms with Crippen LogP contribution in [0.15, 0.2) is 66.2 Å². The van der Waals surface area contributed by atoms with Crippen molar-refractivity contribution in [2.45, 2.75) is 19.7 Å². The van der Waals surface area contributed by atoms with Gasteiger partial charge in [-0.05, 0) is 77.6 Å². The highest BCUT2D eigenvalue weighted by Gasteiger charge is 2.30. The van der Waals surface area contributed by atoms with Crippen LogP contribution < -0.4 is 14.8 Å². The number of anilines is 1. The maximum absolute atomic E-state index is 14.0. The SMILES string of the molecule is CCOc1cc(/C=C(\C#N)C(=O)Nc2cccc(C(F)(F)F)c2)cc(I)c1OCc1ccccc1F. The zero-order valence-corrected chi connectivity index (χ0v) is 21.0. The van der Waals surface area contributed by atoms with Gasteiger partial charge in [-0.15, -0.1) is 0 Å². The fourth-order valence-corrected chi connectivity index (χ4v) is 3.91. The third kappa shape index (κ3) is 6.97. The topological polar surface area (TPSA) is 71.3 Å². The third-order valence-corrected chi connectivity index (χ3v) is 5.59. The first-order valence-corrected chi connectivity index (χ1v) is 11.6. The standard InChI is InChI=1S/C26H19F4IN2O3/c1-2-35-23-12-16(11-22(31)24(23)36-15-17-6-3-4-9-21(17)27)10-18(14-32)25(34)33-20-8-5-7-19(13-20)26(28,29)30/h3-13H,2,15H2,1H3,(H,33,34)/b18-10+. The van der Waals surface area contributed by atoms with E-state index in [1.165, 1.54) is 18.2 Å². The Kier molecular flexibility index (Phi) is 8.93. The summed E-state index contributed by atoms with van der Waals surface area (Å²) in [5.74, 6) is -0.590. The number of ether oxygens (including phenoxy) is 2. The van der Waals surface area contributed by atoms with E-state index in [4.69, 9.17) is 9.47 Å². The number of hydrogen-bond acceptors (Lipinski definition) is 4. The van der Waals surface area contributed by atoms with Gasteiger partial charge in [0.1, 0.15) is 24.1 Å². The molecule has 0 saturated carbocycles. The number of benzene rings is 3. The van der Waals surface area contributed by atoms with Gasteiger partial charge in [-0.3, -0.25) is 4.79 Å². The summed E-state index contributed by atoms with van der Waals surface area (Å²) in [5.41, 5.74) is -0.567. The second-order valence-electron chi connectivity index (χ2n) is 7.35. The van der Waals surface area contributed by atoms with Crippen LogP contribution in [0, 0.1) is 20.7 Å². The van der Waals surface area contributed by atoms with Crippen LogP contribution >= 0.6 is 22.6 Å². The van der Waals surface area contributed by atoms with E-state index in [0.717, 1.165) is 18.2 Å². The molecule has 0 aromatic heterocycles. The lowest BCUT2D eigenvalue weighted by molar-refractivity contribution is -0.137. The van der Waals surface area contributed by atoms with Crippen LogP contribution in [0.4, 0.5) is 23.2 Å². The van der Waals surface area contributed by atoms with Crippen molar-refractivity contribution in [3.05, 3.63) is 92.3 Å². The average Bonchev–Trinajstić information content (AvgIpc) is 2.83. The lowest BCUT2D eigenvalue weighted by atomic mass is 10.1. The Morgan fingerprint density at radius 2 is 1.86 bits per heavy atom. The van der Waals surface area contributed by atoms with Crippen molar-refractivity contribution in [2.24, 2.45) is 0 Å². The number of carbonyl (C=O) groups excluding carboxylic acids is 1. The van der Waals surface area contributed by atoms with E-state index >= 15 is 0 Å². The van der Waals surface area contributed by atoms with Gasteiger partial charge in [0.25, 0.3) is 5.91 Å². The molecule has 0 aliphatic rings. The van der Waals surface area contributed by atoms with Gasteiger partial charge in [0, 0.05) is 11.3 Å². The largest absolute Gasteiger partial charge is 0.490 e. The Labute approximate surface area is 218 Å². The summed E-state index contributed by atoms with van der Waals surface area (Å²) in [4.78, 5) is 12.6. The maximum atomic E-state index is 14.0. The molecule has 0 aliphatic carbocycles. The van der Waals surface area contributed by atoms with E-state index in [9.17, 15) is 27.6 Å². The lowest BCUT2D eigenvalue weighted by Crippen LogP contribution is -2.14. The smallest absolute Gasteiger partial charge is 0.416 e. The molecule has 0 saturated heterocycles. The number of nitrogens with one attached hydrogen (secondary N) is 1. The number of alkyl halides is 3. The summed E-state index contributed by atoms with van der Waals surface area (Å²) in [6.45, 7) is 2.01. The van der Waals surface area contributed by atoms with Crippen LogP contribution in [0.2, 0.25) is 0 Å². The highest BCUT2D eigenvalue weighted by molar-refractivity contribution is 14.1. The summed E-state index contributed by atoms with van der Waals surface area (Å²) >= 11 is 1.99. The second-order valence-corrected chi connectivity index (χ2v) is 8.51. The van der Waals surface area contributed by atoms with Crippen LogP contribution in [0.5, 0.6) is 11.5 Å². The Bertz CT molecular complexity index is 1330. The molecule has 3 aromatic carbocycles. The molecule has 1 amide bonds.